The average molecular weight is 679 g/mol. The molecule has 0 radical (unpaired) electrons. The monoisotopic (exact) mass is 678 g/mol. The highest BCUT2D eigenvalue weighted by atomic mass is 16.8. The molecule has 2 heterocycles. The second kappa shape index (κ2) is 17.5. The minimum absolute atomic E-state index is 0.587. The molecule has 0 unspecified atom stereocenters. The van der Waals surface area contributed by atoms with Crippen LogP contribution < -0.4 is 0 Å². The van der Waals surface area contributed by atoms with Crippen LogP contribution in [0.25, 0.3) is 0 Å². The molecule has 2 saturated heterocycles. The van der Waals surface area contributed by atoms with Gasteiger partial charge in [-0.3, -0.25) is 38.4 Å². The van der Waals surface area contributed by atoms with Crippen LogP contribution in [0.5, 0.6) is 0 Å². The number of esters is 8. The van der Waals surface area contributed by atoms with Gasteiger partial charge in [0.15, 0.2) is 36.8 Å². The summed E-state index contributed by atoms with van der Waals surface area (Å²) in [6.07, 6.45) is -16.4. The SMILES string of the molecule is CC(=O)OC[C@@H]1O[C@H](OC(C)=O)[C@@H](OC(C)=O)[C@@H](O[C@H]2O[C@@H](COC(C)=O)[C@H](OC(C)=O)[C@@H](OC(C)=O)[C@@H]2OC(C)=O)[C@H]1OC(C)=O. The van der Waals surface area contributed by atoms with E-state index in [2.05, 4.69) is 0 Å². The van der Waals surface area contributed by atoms with Gasteiger partial charge in [-0.1, -0.05) is 0 Å². The van der Waals surface area contributed by atoms with Crippen LogP contribution in [0.4, 0.5) is 0 Å². The highest BCUT2D eigenvalue weighted by molar-refractivity contribution is 5.69. The fourth-order valence-corrected chi connectivity index (χ4v) is 4.73. The Labute approximate surface area is 268 Å². The molecule has 0 N–H and O–H groups in total. The molecule has 2 aliphatic rings. The maximum absolute atomic E-state index is 12.3. The van der Waals surface area contributed by atoms with Crippen LogP contribution in [0.3, 0.4) is 0 Å². The quantitative estimate of drug-likeness (QED) is 0.181. The number of carbonyl (C=O) groups is 8. The van der Waals surface area contributed by atoms with Gasteiger partial charge in [0.05, 0.1) is 0 Å². The third-order valence-corrected chi connectivity index (χ3v) is 6.17. The van der Waals surface area contributed by atoms with Crippen LogP contribution in [0, 0.1) is 0 Å². The van der Waals surface area contributed by atoms with E-state index in [0.717, 1.165) is 55.4 Å². The fraction of sp³-hybridized carbons (Fsp3) is 0.714. The van der Waals surface area contributed by atoms with Gasteiger partial charge in [0, 0.05) is 55.4 Å². The van der Waals surface area contributed by atoms with Gasteiger partial charge in [0.25, 0.3) is 0 Å². The van der Waals surface area contributed by atoms with Crippen LogP contribution in [0.1, 0.15) is 55.4 Å². The van der Waals surface area contributed by atoms with Gasteiger partial charge in [-0.15, -0.1) is 0 Å². The Hall–Kier alpha value is -4.36. The summed E-state index contributed by atoms with van der Waals surface area (Å²) in [4.78, 5) is 96.4. The topological polar surface area (TPSA) is 238 Å². The molecule has 10 atom stereocenters. The van der Waals surface area contributed by atoms with E-state index in [-0.39, 0.29) is 0 Å². The number of rotatable bonds is 12. The molecular formula is C28H38O19. The van der Waals surface area contributed by atoms with Gasteiger partial charge >= 0.3 is 47.8 Å². The van der Waals surface area contributed by atoms with Crippen molar-refractivity contribution in [2.24, 2.45) is 0 Å². The van der Waals surface area contributed by atoms with Gasteiger partial charge in [0.2, 0.25) is 6.29 Å². The second-order valence-corrected chi connectivity index (χ2v) is 10.3. The first-order valence-corrected chi connectivity index (χ1v) is 14.2. The summed E-state index contributed by atoms with van der Waals surface area (Å²) in [7, 11) is 0. The first-order valence-electron chi connectivity index (χ1n) is 14.2. The van der Waals surface area contributed by atoms with E-state index < -0.39 is 122 Å². The molecule has 0 amide bonds. The van der Waals surface area contributed by atoms with Gasteiger partial charge < -0.3 is 52.1 Å². The van der Waals surface area contributed by atoms with Crippen molar-refractivity contribution in [2.75, 3.05) is 13.2 Å². The van der Waals surface area contributed by atoms with E-state index in [1.54, 1.807) is 0 Å². The van der Waals surface area contributed by atoms with Crippen molar-refractivity contribution >= 4 is 47.8 Å². The molecule has 47 heavy (non-hydrogen) atoms. The van der Waals surface area contributed by atoms with E-state index in [9.17, 15) is 38.4 Å². The third kappa shape index (κ3) is 12.1. The lowest BCUT2D eigenvalue weighted by Crippen LogP contribution is -2.67. The summed E-state index contributed by atoms with van der Waals surface area (Å²) in [5.74, 6) is -7.04. The predicted octanol–water partition coefficient (Wildman–Crippen LogP) is -0.831. The maximum atomic E-state index is 12.3. The normalized spacial score (nSPS) is 30.0. The van der Waals surface area contributed by atoms with Crippen molar-refractivity contribution in [3.05, 3.63) is 0 Å². The molecule has 0 aromatic rings. The van der Waals surface area contributed by atoms with E-state index in [0.29, 0.717) is 0 Å². The van der Waals surface area contributed by atoms with Gasteiger partial charge in [0.1, 0.15) is 31.5 Å². The Morgan fingerprint density at radius 2 is 0.702 bits per heavy atom. The van der Waals surface area contributed by atoms with Gasteiger partial charge in [-0.05, 0) is 0 Å². The molecule has 0 aromatic heterocycles. The van der Waals surface area contributed by atoms with Crippen LogP contribution in [-0.2, 0) is 90.5 Å². The van der Waals surface area contributed by atoms with E-state index >= 15 is 0 Å². The van der Waals surface area contributed by atoms with Gasteiger partial charge in [-0.2, -0.15) is 0 Å². The van der Waals surface area contributed by atoms with Crippen LogP contribution in [0.15, 0.2) is 0 Å². The highest BCUT2D eigenvalue weighted by Gasteiger charge is 2.58. The van der Waals surface area contributed by atoms with E-state index in [1.165, 1.54) is 0 Å². The Bertz CT molecular complexity index is 1200. The van der Waals surface area contributed by atoms with Crippen molar-refractivity contribution in [2.45, 2.75) is 117 Å². The Morgan fingerprint density at radius 1 is 0.383 bits per heavy atom. The molecule has 0 spiro atoms. The lowest BCUT2D eigenvalue weighted by molar-refractivity contribution is -0.358. The minimum atomic E-state index is -1.86. The van der Waals surface area contributed by atoms with Gasteiger partial charge in [-0.25, -0.2) is 0 Å². The number of ether oxygens (including phenoxy) is 11. The molecule has 0 aromatic carbocycles. The second-order valence-electron chi connectivity index (χ2n) is 10.3. The molecule has 2 aliphatic heterocycles. The molecule has 0 bridgehead atoms. The van der Waals surface area contributed by atoms with Crippen LogP contribution >= 0.6 is 0 Å². The Morgan fingerprint density at radius 3 is 1.09 bits per heavy atom. The zero-order valence-corrected chi connectivity index (χ0v) is 26.9. The number of hydrogen-bond donors (Lipinski definition) is 0. The van der Waals surface area contributed by atoms with Crippen LogP contribution in [0.2, 0.25) is 0 Å². The van der Waals surface area contributed by atoms with Crippen molar-refractivity contribution in [1.29, 1.82) is 0 Å². The lowest BCUT2D eigenvalue weighted by Gasteiger charge is -2.48. The van der Waals surface area contributed by atoms with Crippen molar-refractivity contribution < 1.29 is 90.5 Å². The first kappa shape index (κ1) is 38.8. The highest BCUT2D eigenvalue weighted by Crippen LogP contribution is 2.35. The zero-order chi connectivity index (χ0) is 35.6. The molecule has 19 heteroatoms. The zero-order valence-electron chi connectivity index (χ0n) is 26.9. The summed E-state index contributed by atoms with van der Waals surface area (Å²) >= 11 is 0. The largest absolute Gasteiger partial charge is 0.463 e. The minimum Gasteiger partial charge on any atom is -0.463 e. The lowest BCUT2D eigenvalue weighted by atomic mass is 9.96. The molecular weight excluding hydrogens is 640 g/mol. The maximum Gasteiger partial charge on any atom is 0.305 e. The van der Waals surface area contributed by atoms with Crippen molar-refractivity contribution in [3.63, 3.8) is 0 Å². The molecule has 19 nitrogen and oxygen atoms in total. The molecule has 0 aliphatic carbocycles. The fourth-order valence-electron chi connectivity index (χ4n) is 4.73. The average Bonchev–Trinajstić information content (AvgIpc) is 2.91. The van der Waals surface area contributed by atoms with Crippen molar-refractivity contribution in [1.82, 2.24) is 0 Å². The van der Waals surface area contributed by atoms with Crippen molar-refractivity contribution in [3.8, 4) is 0 Å². The van der Waals surface area contributed by atoms with E-state index in [4.69, 9.17) is 52.1 Å². The smallest absolute Gasteiger partial charge is 0.305 e. The third-order valence-electron chi connectivity index (χ3n) is 6.17. The Kier molecular flexibility index (Phi) is 14.5. The van der Waals surface area contributed by atoms with E-state index in [1.807, 2.05) is 0 Å². The summed E-state index contributed by atoms with van der Waals surface area (Å²) in [6.45, 7) is 7.06. The molecule has 2 fully saturated rings. The summed E-state index contributed by atoms with van der Waals surface area (Å²) in [5.41, 5.74) is 0. The molecule has 0 saturated carbocycles. The first-order chi connectivity index (χ1) is 21.9. The standard InChI is InChI=1S/C28H38O19/c1-11(29)37-9-19-21(39-13(3)31)23(41-15(5)33)25(42-16(6)34)28(46-19)47-24-22(40-14(4)32)20(10-38-12(2)30)45-27(44-18(8)36)26(24)43-17(7)35/h19-28H,9-10H2,1-8H3/t19-,20-,21-,22-,23+,24-,25-,26-,27-,28+/m0/s1. The summed E-state index contributed by atoms with van der Waals surface area (Å²) in [5, 5.41) is 0. The number of hydrogen-bond acceptors (Lipinski definition) is 19. The summed E-state index contributed by atoms with van der Waals surface area (Å²) < 4.78 is 60.2. The number of carbonyl (C=O) groups excluding carboxylic acids is 8. The Balaban J connectivity index is 2.75. The predicted molar refractivity (Wildman–Crippen MR) is 145 cm³/mol. The van der Waals surface area contributed by atoms with Crippen LogP contribution in [-0.4, -0.2) is 122 Å². The molecule has 2 rings (SSSR count). The summed E-state index contributed by atoms with van der Waals surface area (Å²) in [6, 6.07) is 0. The molecule has 264 valence electrons.